The highest BCUT2D eigenvalue weighted by atomic mass is 35.5. The molecule has 2 aromatic carbocycles. The van der Waals surface area contributed by atoms with Crippen LogP contribution in [0.1, 0.15) is 10.5 Å². The number of carbonyl (C=O) groups excluding carboxylic acids is 1. The summed E-state index contributed by atoms with van der Waals surface area (Å²) in [6, 6.07) is 10.9. The Hall–Kier alpha value is -2.90. The average molecular weight is 392 g/mol. The zero-order valence-corrected chi connectivity index (χ0v) is 14.6. The van der Waals surface area contributed by atoms with Crippen LogP contribution >= 0.6 is 23.2 Å². The molecule has 26 heavy (non-hydrogen) atoms. The van der Waals surface area contributed by atoms with Crippen molar-refractivity contribution in [2.45, 2.75) is 6.54 Å². The fourth-order valence-electron chi connectivity index (χ4n) is 2.43. The number of hydrogen-bond donors (Lipinski definition) is 2. The normalized spacial score (nSPS) is 10.7. The van der Waals surface area contributed by atoms with E-state index in [0.717, 1.165) is 4.68 Å². The second kappa shape index (κ2) is 7.15. The van der Waals surface area contributed by atoms with E-state index in [4.69, 9.17) is 23.2 Å². The van der Waals surface area contributed by atoms with E-state index in [-0.39, 0.29) is 32.2 Å². The number of nitrogens with zero attached hydrogens (tertiary/aromatic N) is 2. The number of halogens is 2. The van der Waals surface area contributed by atoms with Crippen LogP contribution in [-0.2, 0) is 11.3 Å². The summed E-state index contributed by atoms with van der Waals surface area (Å²) in [5.41, 5.74) is -0.608. The van der Waals surface area contributed by atoms with Gasteiger partial charge < -0.3 is 10.4 Å². The van der Waals surface area contributed by atoms with Gasteiger partial charge in [0.15, 0.2) is 5.69 Å². The minimum absolute atomic E-state index is 0.160. The monoisotopic (exact) mass is 391 g/mol. The number of aromatic nitrogens is 2. The molecule has 0 spiro atoms. The average Bonchev–Trinajstić information content (AvgIpc) is 2.61. The van der Waals surface area contributed by atoms with Gasteiger partial charge in [-0.15, -0.1) is 0 Å². The topological polar surface area (TPSA) is 101 Å². The third-order valence-electron chi connectivity index (χ3n) is 3.59. The summed E-state index contributed by atoms with van der Waals surface area (Å²) in [6.45, 7) is -0.479. The van der Waals surface area contributed by atoms with Gasteiger partial charge in [0.2, 0.25) is 5.91 Å². The summed E-state index contributed by atoms with van der Waals surface area (Å²) in [6.07, 6.45) is 0. The first kappa shape index (κ1) is 17.9. The molecule has 0 unspecified atom stereocenters. The van der Waals surface area contributed by atoms with E-state index in [1.807, 2.05) is 0 Å². The SMILES string of the molecule is O=C(Cn1nc(C(=O)O)c2ccccc2c1=O)Nc1cccc(Cl)c1Cl. The molecule has 0 radical (unpaired) electrons. The third kappa shape index (κ3) is 3.40. The van der Waals surface area contributed by atoms with Crippen molar-refractivity contribution >= 4 is 51.5 Å². The predicted octanol–water partition coefficient (Wildman–Crippen LogP) is 3.04. The number of carboxylic acids is 1. The lowest BCUT2D eigenvalue weighted by Crippen LogP contribution is -2.31. The Morgan fingerprint density at radius 1 is 1.08 bits per heavy atom. The highest BCUT2D eigenvalue weighted by Crippen LogP contribution is 2.29. The quantitative estimate of drug-likeness (QED) is 0.711. The number of benzene rings is 2. The molecule has 2 N–H and O–H groups in total. The van der Waals surface area contributed by atoms with Crippen molar-refractivity contribution in [2.24, 2.45) is 0 Å². The molecular formula is C17H11Cl2N3O4. The fourth-order valence-corrected chi connectivity index (χ4v) is 2.77. The zero-order valence-electron chi connectivity index (χ0n) is 13.1. The molecule has 3 aromatic rings. The lowest BCUT2D eigenvalue weighted by Gasteiger charge is -2.10. The van der Waals surface area contributed by atoms with Gasteiger partial charge in [-0.2, -0.15) is 5.10 Å². The van der Waals surface area contributed by atoms with E-state index < -0.39 is 24.0 Å². The molecule has 0 aliphatic carbocycles. The van der Waals surface area contributed by atoms with E-state index >= 15 is 0 Å². The molecule has 1 amide bonds. The molecule has 0 atom stereocenters. The molecule has 132 valence electrons. The van der Waals surface area contributed by atoms with Crippen LogP contribution in [0.3, 0.4) is 0 Å². The molecule has 7 nitrogen and oxygen atoms in total. The number of fused-ring (bicyclic) bond motifs is 1. The summed E-state index contributed by atoms with van der Waals surface area (Å²) >= 11 is 11.9. The number of amides is 1. The van der Waals surface area contributed by atoms with Gasteiger partial charge in [0, 0.05) is 5.39 Å². The van der Waals surface area contributed by atoms with Gasteiger partial charge in [0.25, 0.3) is 5.56 Å². The van der Waals surface area contributed by atoms with Gasteiger partial charge in [0.05, 0.1) is 21.1 Å². The van der Waals surface area contributed by atoms with Crippen LogP contribution in [0.4, 0.5) is 5.69 Å². The van der Waals surface area contributed by atoms with Crippen LogP contribution in [0, 0.1) is 0 Å². The highest BCUT2D eigenvalue weighted by molar-refractivity contribution is 6.43. The number of hydrogen-bond acceptors (Lipinski definition) is 4. The van der Waals surface area contributed by atoms with Crippen molar-refractivity contribution in [1.82, 2.24) is 9.78 Å². The number of carbonyl (C=O) groups is 2. The van der Waals surface area contributed by atoms with Crippen molar-refractivity contribution < 1.29 is 14.7 Å². The van der Waals surface area contributed by atoms with Gasteiger partial charge in [-0.3, -0.25) is 9.59 Å². The van der Waals surface area contributed by atoms with Crippen LogP contribution in [0.5, 0.6) is 0 Å². The zero-order chi connectivity index (χ0) is 18.8. The van der Waals surface area contributed by atoms with Crippen LogP contribution < -0.4 is 10.9 Å². The third-order valence-corrected chi connectivity index (χ3v) is 4.41. The molecular weight excluding hydrogens is 381 g/mol. The Morgan fingerprint density at radius 3 is 2.46 bits per heavy atom. The van der Waals surface area contributed by atoms with E-state index in [2.05, 4.69) is 10.4 Å². The summed E-state index contributed by atoms with van der Waals surface area (Å²) in [5, 5.41) is 16.4. The van der Waals surface area contributed by atoms with Crippen molar-refractivity contribution in [2.75, 3.05) is 5.32 Å². The van der Waals surface area contributed by atoms with E-state index in [9.17, 15) is 19.5 Å². The molecule has 1 aromatic heterocycles. The van der Waals surface area contributed by atoms with Crippen LogP contribution in [-0.4, -0.2) is 26.8 Å². The maximum atomic E-state index is 12.5. The molecule has 0 bridgehead atoms. The lowest BCUT2D eigenvalue weighted by molar-refractivity contribution is -0.117. The first-order chi connectivity index (χ1) is 12.4. The van der Waals surface area contributed by atoms with Gasteiger partial charge in [-0.1, -0.05) is 47.5 Å². The molecule has 9 heteroatoms. The number of anilines is 1. The number of nitrogens with one attached hydrogen (secondary N) is 1. The Kier molecular flexibility index (Phi) is 4.92. The predicted molar refractivity (Wildman–Crippen MR) is 98.1 cm³/mol. The van der Waals surface area contributed by atoms with Gasteiger partial charge in [-0.25, -0.2) is 9.48 Å². The summed E-state index contributed by atoms with van der Waals surface area (Å²) in [7, 11) is 0. The largest absolute Gasteiger partial charge is 0.476 e. The molecule has 0 aliphatic rings. The fraction of sp³-hybridized carbons (Fsp3) is 0.0588. The Morgan fingerprint density at radius 2 is 1.77 bits per heavy atom. The Balaban J connectivity index is 1.97. The maximum Gasteiger partial charge on any atom is 0.357 e. The number of aromatic carboxylic acids is 1. The van der Waals surface area contributed by atoms with Crippen LogP contribution in [0.25, 0.3) is 10.8 Å². The number of carboxylic acid groups (broad SMARTS) is 1. The first-order valence-corrected chi connectivity index (χ1v) is 8.11. The van der Waals surface area contributed by atoms with Crippen molar-refractivity contribution in [1.29, 1.82) is 0 Å². The van der Waals surface area contributed by atoms with E-state index in [1.54, 1.807) is 30.3 Å². The first-order valence-electron chi connectivity index (χ1n) is 7.35. The second-order valence-electron chi connectivity index (χ2n) is 5.31. The van der Waals surface area contributed by atoms with Gasteiger partial charge in [-0.05, 0) is 18.2 Å². The smallest absolute Gasteiger partial charge is 0.357 e. The van der Waals surface area contributed by atoms with E-state index in [0.29, 0.717) is 0 Å². The summed E-state index contributed by atoms with van der Waals surface area (Å²) < 4.78 is 0.805. The highest BCUT2D eigenvalue weighted by Gasteiger charge is 2.17. The standard InChI is InChI=1S/C17H11Cl2N3O4/c18-11-6-3-7-12(14(11)19)20-13(23)8-22-16(24)10-5-2-1-4-9(10)15(21-22)17(25)26/h1-7H,8H2,(H,20,23)(H,25,26). The minimum Gasteiger partial charge on any atom is -0.476 e. The van der Waals surface area contributed by atoms with Crippen molar-refractivity contribution in [3.05, 3.63) is 68.6 Å². The maximum absolute atomic E-state index is 12.5. The molecule has 1 heterocycles. The Bertz CT molecular complexity index is 1100. The molecule has 0 fully saturated rings. The summed E-state index contributed by atoms with van der Waals surface area (Å²) in [4.78, 5) is 36.2. The van der Waals surface area contributed by atoms with Crippen LogP contribution in [0.15, 0.2) is 47.3 Å². The molecule has 3 rings (SSSR count). The molecule has 0 saturated heterocycles. The van der Waals surface area contributed by atoms with Crippen molar-refractivity contribution in [3.8, 4) is 0 Å². The lowest BCUT2D eigenvalue weighted by atomic mass is 10.1. The van der Waals surface area contributed by atoms with Crippen molar-refractivity contribution in [3.63, 3.8) is 0 Å². The van der Waals surface area contributed by atoms with E-state index in [1.165, 1.54) is 12.1 Å². The van der Waals surface area contributed by atoms with Gasteiger partial charge in [0.1, 0.15) is 6.54 Å². The van der Waals surface area contributed by atoms with Crippen LogP contribution in [0.2, 0.25) is 10.0 Å². The molecule has 0 saturated carbocycles. The second-order valence-corrected chi connectivity index (χ2v) is 6.10. The number of rotatable bonds is 4. The Labute approximate surface area is 156 Å². The molecule has 0 aliphatic heterocycles. The van der Waals surface area contributed by atoms with Gasteiger partial charge >= 0.3 is 5.97 Å². The minimum atomic E-state index is -1.30. The summed E-state index contributed by atoms with van der Waals surface area (Å²) in [5.74, 6) is -1.90.